The molecule has 50 heteroatoms. The average molecular weight is 2060 g/mol. The van der Waals surface area contributed by atoms with Crippen LogP contribution in [0, 0.1) is 40.5 Å². The van der Waals surface area contributed by atoms with Crippen molar-refractivity contribution in [3.8, 4) is 55.6 Å². The van der Waals surface area contributed by atoms with Crippen molar-refractivity contribution in [1.29, 1.82) is 0 Å². The van der Waals surface area contributed by atoms with Gasteiger partial charge >= 0.3 is 0 Å². The Morgan fingerprint density at radius 2 is 0.623 bits per heavy atom. The number of nitrogens with one attached hydrogen (secondary N) is 8. The van der Waals surface area contributed by atoms with E-state index in [1.54, 1.807) is 23.4 Å². The van der Waals surface area contributed by atoms with E-state index in [4.69, 9.17) is 36.4 Å². The third-order valence-electron chi connectivity index (χ3n) is 26.6. The molecule has 2 bridgehead atoms. The van der Waals surface area contributed by atoms with Gasteiger partial charge in [0.1, 0.15) is 83.2 Å². The molecule has 45 nitrogen and oxygen atoms in total. The Balaban J connectivity index is 0.000000104. The molecule has 754 valence electrons. The molecule has 6 aliphatic rings. The summed E-state index contributed by atoms with van der Waals surface area (Å²) in [6, 6.07) is 21.9. The number of aromatic nitrogens is 30. The average Bonchev–Trinajstić information content (AvgIpc) is 1.61. The Bertz CT molecular complexity index is 7920. The molecule has 0 amide bonds. The zero-order valence-corrected chi connectivity index (χ0v) is 86.7. The van der Waals surface area contributed by atoms with Gasteiger partial charge in [0.15, 0.2) is 28.2 Å². The van der Waals surface area contributed by atoms with Crippen LogP contribution in [0.15, 0.2) is 154 Å². The standard InChI is InChI=1S/2C20H25N9S.C19H21N9S.C19H23N9S.C18H21N9S/c1-13-7-19(30-26-13)24-18-8-17(28-5-3-14(9-21)4-6-28)25-20-16(11-23-29(18)20)15-10-22-27(2)12-15;1-14-9-19(30-26-14)24-18-10-17(28-7-4-3-5-21-6-8-28)25-20-16(12-23-29(18)20)15-11-22-27(2)13-15;1-11-3-18(29-25-11)23-17-5-16(27-10-13-4-14(27)7-20-13)24-19-15(8-22-28(17)19)12-6-21-26(2)9-12;1-12-7-18(29-25-12)23-17-8-16(27-5-3-14(20)4-6-27)24-19-15(10-22-28(17)19)13-9-21-26(2)11-13;1-12-7-17(28-24-12)22-16-8-15(26-5-3-19-4-6-26)23-18-14(10-21-27(16)18)13-9-20-25(2)11-13/h7-8,10-12,14,24H,3-6,9,21H2,1-2H3;9-13,21,24H,3-8H2,1-2H3;3,5-6,8-9,13-14,20,23H,4,7,10H2,1-2H3;7-11,14,23H,3-6,20H2,1-2H3;7-11,19,22H,3-6H2,1-2H3/t;;13-,14-;;/m..0../s1. The molecule has 6 saturated heterocycles. The summed E-state index contributed by atoms with van der Waals surface area (Å²) in [6.45, 7) is 24.2. The minimum absolute atomic E-state index is 0.272. The van der Waals surface area contributed by atoms with Crippen LogP contribution < -0.4 is 78.5 Å². The van der Waals surface area contributed by atoms with Crippen LogP contribution in [-0.4, -0.2) is 260 Å². The quantitative estimate of drug-likeness (QED) is 0.0319. The number of nitrogens with zero attached hydrogens (tertiary/aromatic N) is 35. The Morgan fingerprint density at radius 3 is 0.897 bits per heavy atom. The van der Waals surface area contributed by atoms with Gasteiger partial charge in [0.05, 0.1) is 90.4 Å². The number of hydrogen-bond acceptors (Lipinski definition) is 40. The fourth-order valence-electron chi connectivity index (χ4n) is 19.0. The monoisotopic (exact) mass is 2060 g/mol. The fourth-order valence-corrected chi connectivity index (χ4v) is 22.4. The summed E-state index contributed by atoms with van der Waals surface area (Å²) in [5.74, 6) is 9.74. The lowest BCUT2D eigenvalue weighted by molar-refractivity contribution is 0.413. The minimum atomic E-state index is 0.272. The molecule has 2 atom stereocenters. The highest BCUT2D eigenvalue weighted by atomic mass is 32.1. The van der Waals surface area contributed by atoms with E-state index >= 15 is 0 Å². The molecule has 146 heavy (non-hydrogen) atoms. The topological polar surface area (TPSA) is 469 Å². The van der Waals surface area contributed by atoms with Crippen LogP contribution in [0.25, 0.3) is 83.9 Å². The largest absolute Gasteiger partial charge is 0.356 e. The third-order valence-corrected chi connectivity index (χ3v) is 30.6. The van der Waals surface area contributed by atoms with Crippen molar-refractivity contribution in [1.82, 2.24) is 160 Å². The maximum absolute atomic E-state index is 6.10. The zero-order chi connectivity index (χ0) is 99.7. The van der Waals surface area contributed by atoms with Crippen LogP contribution in [0.5, 0.6) is 0 Å². The second-order valence-corrected chi connectivity index (χ2v) is 41.6. The van der Waals surface area contributed by atoms with Gasteiger partial charge in [-0.2, -0.15) is 95.4 Å². The van der Waals surface area contributed by atoms with E-state index in [2.05, 4.69) is 170 Å². The molecular weight excluding hydrogens is 1940 g/mol. The predicted octanol–water partition coefficient (Wildman–Crippen LogP) is 12.4. The number of nitrogens with two attached hydrogens (primary N) is 2. The molecule has 6 aliphatic heterocycles. The fraction of sp³-hybridized carbons (Fsp3) is 0.375. The smallest absolute Gasteiger partial charge is 0.167 e. The highest BCUT2D eigenvalue weighted by Crippen LogP contribution is 2.41. The molecule has 26 rings (SSSR count). The molecule has 12 N–H and O–H groups in total. The lowest BCUT2D eigenvalue weighted by atomic mass is 9.97. The molecule has 20 aromatic heterocycles. The normalized spacial score (nSPS) is 16.3. The van der Waals surface area contributed by atoms with Crippen LogP contribution in [0.3, 0.4) is 0 Å². The molecule has 0 radical (unpaired) electrons. The van der Waals surface area contributed by atoms with Crippen molar-refractivity contribution in [3.05, 3.63) is 182 Å². The van der Waals surface area contributed by atoms with Crippen molar-refractivity contribution in [2.45, 2.75) is 97.7 Å². The van der Waals surface area contributed by atoms with Gasteiger partial charge in [-0.15, -0.1) is 0 Å². The molecular formula is C96H115N45S5. The van der Waals surface area contributed by atoms with E-state index < -0.39 is 0 Å². The number of rotatable bonds is 21. The van der Waals surface area contributed by atoms with Crippen LogP contribution in [-0.2, 0) is 35.2 Å². The van der Waals surface area contributed by atoms with Crippen molar-refractivity contribution >= 4 is 169 Å². The SMILES string of the molecule is Cc1cc(Nc2cc(N3CCC(CN)CC3)nc3c(-c4cnn(C)c4)cnn23)sn1.Cc1cc(Nc2cc(N3CCC(N)CC3)nc3c(-c4cnn(C)c4)cnn23)sn1.Cc1cc(Nc2cc(N3CCCCNCC3)nc3c(-c4cnn(C)c4)cnn23)sn1.Cc1cc(Nc2cc(N3CCNCC3)nc3c(-c4cnn(C)c4)cnn23)sn1.Cc1cc(Nc2cc(N3C[C@@H]4C[C@H]3CN4)nc3c(-c4cnn(C)c4)cnn23)sn1. The molecule has 6 fully saturated rings. The first-order chi connectivity index (χ1) is 71.1. The van der Waals surface area contributed by atoms with Crippen molar-refractivity contribution in [2.75, 3.05) is 149 Å². The highest BCUT2D eigenvalue weighted by molar-refractivity contribution is 7.11. The lowest BCUT2D eigenvalue weighted by Gasteiger charge is -2.32. The van der Waals surface area contributed by atoms with E-state index in [1.807, 2.05) is 216 Å². The van der Waals surface area contributed by atoms with Crippen LogP contribution in [0.2, 0.25) is 0 Å². The van der Waals surface area contributed by atoms with Crippen molar-refractivity contribution < 1.29 is 0 Å². The number of piperazine rings is 2. The molecule has 26 heterocycles. The summed E-state index contributed by atoms with van der Waals surface area (Å²) in [6.07, 6.45) is 36.1. The Kier molecular flexibility index (Phi) is 27.6. The van der Waals surface area contributed by atoms with Gasteiger partial charge in [-0.3, -0.25) is 23.4 Å². The maximum atomic E-state index is 6.10. The highest BCUT2D eigenvalue weighted by Gasteiger charge is 2.39. The van der Waals surface area contributed by atoms with Gasteiger partial charge in [0, 0.05) is 255 Å². The van der Waals surface area contributed by atoms with Gasteiger partial charge in [-0.1, -0.05) is 0 Å². The lowest BCUT2D eigenvalue weighted by Crippen LogP contribution is -2.44. The number of hydrogen-bond donors (Lipinski definition) is 10. The Hall–Kier alpha value is -14.9. The number of fused-ring (bicyclic) bond motifs is 7. The van der Waals surface area contributed by atoms with E-state index in [0.29, 0.717) is 18.0 Å². The number of piperidine rings is 2. The summed E-state index contributed by atoms with van der Waals surface area (Å²) in [5, 5.41) is 77.4. The van der Waals surface area contributed by atoms with E-state index in [-0.39, 0.29) is 6.04 Å². The summed E-state index contributed by atoms with van der Waals surface area (Å²) in [4.78, 5) is 36.7. The van der Waals surface area contributed by atoms with E-state index in [0.717, 1.165) is 326 Å². The van der Waals surface area contributed by atoms with Gasteiger partial charge < -0.3 is 78.5 Å². The van der Waals surface area contributed by atoms with Crippen LogP contribution in [0.4, 0.5) is 83.2 Å². The summed E-state index contributed by atoms with van der Waals surface area (Å²) in [7, 11) is 9.56. The third kappa shape index (κ3) is 21.1. The van der Waals surface area contributed by atoms with Gasteiger partial charge in [0.2, 0.25) is 0 Å². The van der Waals surface area contributed by atoms with Gasteiger partial charge in [0.25, 0.3) is 0 Å². The summed E-state index contributed by atoms with van der Waals surface area (Å²) < 4.78 is 40.1. The minimum Gasteiger partial charge on any atom is -0.356 e. The zero-order valence-electron chi connectivity index (χ0n) is 82.6. The van der Waals surface area contributed by atoms with E-state index in [1.165, 1.54) is 70.5 Å². The molecule has 0 unspecified atom stereocenters. The van der Waals surface area contributed by atoms with Crippen molar-refractivity contribution in [3.63, 3.8) is 0 Å². The number of anilines is 15. The van der Waals surface area contributed by atoms with Crippen LogP contribution in [0.1, 0.15) is 73.4 Å². The molecule has 0 spiro atoms. The first-order valence-corrected chi connectivity index (χ1v) is 52.8. The summed E-state index contributed by atoms with van der Waals surface area (Å²) >= 11 is 7.21. The predicted molar refractivity (Wildman–Crippen MR) is 577 cm³/mol. The molecule has 0 aromatic carbocycles. The molecule has 20 aromatic rings. The second-order valence-electron chi connectivity index (χ2n) is 37.6. The van der Waals surface area contributed by atoms with Crippen LogP contribution >= 0.6 is 57.7 Å². The van der Waals surface area contributed by atoms with Gasteiger partial charge in [-0.05, 0) is 187 Å². The maximum Gasteiger partial charge on any atom is 0.167 e. The second kappa shape index (κ2) is 42.0. The number of aryl methyl sites for hydroxylation is 10. The Labute approximate surface area is 860 Å². The molecule has 0 saturated carbocycles. The van der Waals surface area contributed by atoms with E-state index in [9.17, 15) is 0 Å². The Morgan fingerprint density at radius 1 is 0.336 bits per heavy atom. The first kappa shape index (κ1) is 95.9. The molecule has 0 aliphatic carbocycles. The van der Waals surface area contributed by atoms with Gasteiger partial charge in [-0.25, -0.2) is 24.9 Å². The summed E-state index contributed by atoms with van der Waals surface area (Å²) in [5.41, 5.74) is 30.9. The van der Waals surface area contributed by atoms with Crippen molar-refractivity contribution in [2.24, 2.45) is 52.6 Å². The first-order valence-electron chi connectivity index (χ1n) is 48.9.